The van der Waals surface area contributed by atoms with Crippen molar-refractivity contribution in [2.24, 2.45) is 5.16 Å². The predicted octanol–water partition coefficient (Wildman–Crippen LogP) is 2.21. The van der Waals surface area contributed by atoms with E-state index in [-0.39, 0.29) is 18.7 Å². The zero-order chi connectivity index (χ0) is 19.5. The van der Waals surface area contributed by atoms with Gasteiger partial charge in [0.2, 0.25) is 0 Å². The van der Waals surface area contributed by atoms with Gasteiger partial charge in [0.1, 0.15) is 11.9 Å². The van der Waals surface area contributed by atoms with Crippen molar-refractivity contribution in [3.8, 4) is 0 Å². The second-order valence-electron chi connectivity index (χ2n) is 6.33. The van der Waals surface area contributed by atoms with Gasteiger partial charge >= 0.3 is 0 Å². The summed E-state index contributed by atoms with van der Waals surface area (Å²) in [6.07, 6.45) is 1.76. The van der Waals surface area contributed by atoms with Crippen molar-refractivity contribution in [2.45, 2.75) is 37.5 Å². The maximum Gasteiger partial charge on any atom is 0.264 e. The summed E-state index contributed by atoms with van der Waals surface area (Å²) in [6.45, 7) is 2.83. The number of allylic oxidation sites excluding steroid dienone is 1. The lowest BCUT2D eigenvalue weighted by atomic mass is 9.96. The van der Waals surface area contributed by atoms with Crippen LogP contribution in [-0.4, -0.2) is 42.4 Å². The van der Waals surface area contributed by atoms with Crippen LogP contribution in [0.15, 0.2) is 35.5 Å². The lowest BCUT2D eigenvalue weighted by molar-refractivity contribution is -0.132. The van der Waals surface area contributed by atoms with Crippen LogP contribution in [0.25, 0.3) is 5.83 Å². The number of sulfone groups is 1. The van der Waals surface area contributed by atoms with Crippen LogP contribution >= 0.6 is 0 Å². The van der Waals surface area contributed by atoms with Crippen LogP contribution < -0.4 is 5.48 Å². The minimum Gasteiger partial charge on any atom is -0.392 e. The molecule has 0 radical (unpaired) electrons. The molecular formula is C17H21FN2O5S. The van der Waals surface area contributed by atoms with Gasteiger partial charge in [0.05, 0.1) is 5.71 Å². The first kappa shape index (κ1) is 20.1. The molecule has 1 heterocycles. The Balaban J connectivity index is 2.13. The van der Waals surface area contributed by atoms with E-state index < -0.39 is 26.6 Å². The Morgan fingerprint density at radius 1 is 1.46 bits per heavy atom. The van der Waals surface area contributed by atoms with Crippen LogP contribution in [0.2, 0.25) is 0 Å². The second-order valence-corrected chi connectivity index (χ2v) is 8.78. The summed E-state index contributed by atoms with van der Waals surface area (Å²) >= 11 is 0. The second kappa shape index (κ2) is 7.55. The summed E-state index contributed by atoms with van der Waals surface area (Å²) in [5, 5.41) is 12.8. The molecule has 26 heavy (non-hydrogen) atoms. The van der Waals surface area contributed by atoms with E-state index in [1.54, 1.807) is 31.2 Å². The first-order valence-corrected chi connectivity index (χ1v) is 9.81. The zero-order valence-corrected chi connectivity index (χ0v) is 15.5. The van der Waals surface area contributed by atoms with E-state index in [1.165, 1.54) is 18.5 Å². The number of benzene rings is 1. The molecule has 0 aromatic heterocycles. The molecule has 0 saturated carbocycles. The highest BCUT2D eigenvalue weighted by Crippen LogP contribution is 2.29. The molecule has 7 nitrogen and oxygen atoms in total. The summed E-state index contributed by atoms with van der Waals surface area (Å²) < 4.78 is 35.7. The van der Waals surface area contributed by atoms with Gasteiger partial charge in [0, 0.05) is 24.7 Å². The minimum atomic E-state index is -3.81. The van der Waals surface area contributed by atoms with Gasteiger partial charge in [-0.3, -0.25) is 10.0 Å². The number of carbonyl (C=O) groups is 1. The Labute approximate surface area is 151 Å². The molecule has 2 atom stereocenters. The molecule has 0 aliphatic carbocycles. The van der Waals surface area contributed by atoms with Gasteiger partial charge in [0.15, 0.2) is 14.6 Å². The average molecular weight is 384 g/mol. The monoisotopic (exact) mass is 384 g/mol. The molecule has 0 bridgehead atoms. The van der Waals surface area contributed by atoms with Crippen LogP contribution in [-0.2, 0) is 19.5 Å². The molecule has 142 valence electrons. The third kappa shape index (κ3) is 3.94. The topological polar surface area (TPSA) is 105 Å². The van der Waals surface area contributed by atoms with Crippen LogP contribution in [0, 0.1) is 0 Å². The SMILES string of the molecule is C/C=C(\F)c1ccc(C2=NOC(C[C@](C)(C(=O)NO)S(C)(=O)=O)C2)cc1. The number of oxime groups is 1. The highest BCUT2D eigenvalue weighted by Gasteiger charge is 2.47. The smallest absolute Gasteiger partial charge is 0.264 e. The number of nitrogens with zero attached hydrogens (tertiary/aromatic N) is 1. The number of amides is 1. The van der Waals surface area contributed by atoms with Crippen LogP contribution in [0.1, 0.15) is 37.8 Å². The van der Waals surface area contributed by atoms with Gasteiger partial charge in [-0.2, -0.15) is 0 Å². The number of hydrogen-bond donors (Lipinski definition) is 2. The molecule has 1 aromatic carbocycles. The van der Waals surface area contributed by atoms with Crippen molar-refractivity contribution in [1.29, 1.82) is 0 Å². The average Bonchev–Trinajstić information content (AvgIpc) is 3.07. The Hall–Kier alpha value is -2.26. The molecule has 0 spiro atoms. The number of hydroxylamine groups is 1. The van der Waals surface area contributed by atoms with Gasteiger partial charge in [-0.1, -0.05) is 35.5 Å². The van der Waals surface area contributed by atoms with Gasteiger partial charge in [0.25, 0.3) is 5.91 Å². The van der Waals surface area contributed by atoms with Crippen LogP contribution in [0.4, 0.5) is 4.39 Å². The molecular weight excluding hydrogens is 363 g/mol. The van der Waals surface area contributed by atoms with Crippen molar-refractivity contribution in [1.82, 2.24) is 5.48 Å². The fourth-order valence-corrected chi connectivity index (χ4v) is 3.53. The number of hydrogen-bond acceptors (Lipinski definition) is 6. The van der Waals surface area contributed by atoms with Gasteiger partial charge in [-0.25, -0.2) is 18.3 Å². The Bertz CT molecular complexity index is 848. The number of halogens is 1. The van der Waals surface area contributed by atoms with E-state index in [2.05, 4.69) is 5.16 Å². The summed E-state index contributed by atoms with van der Waals surface area (Å²) in [6, 6.07) is 6.61. The Morgan fingerprint density at radius 2 is 2.08 bits per heavy atom. The normalized spacial score (nSPS) is 20.1. The van der Waals surface area contributed by atoms with E-state index in [0.29, 0.717) is 16.8 Å². The summed E-state index contributed by atoms with van der Waals surface area (Å²) in [7, 11) is -3.81. The van der Waals surface area contributed by atoms with E-state index >= 15 is 0 Å². The quantitative estimate of drug-likeness (QED) is 0.578. The molecule has 1 aliphatic heterocycles. The molecule has 1 amide bonds. The standard InChI is InChI=1S/C17H21FN2O5S/c1-4-14(18)11-5-7-12(8-6-11)15-9-13(25-20-15)10-17(2,16(21)19-22)26(3,23)24/h4-8,13,22H,9-10H2,1-3H3,(H,19,21)/b14-4-/t13?,17-/m1/s1. The molecule has 2 rings (SSSR count). The highest BCUT2D eigenvalue weighted by molar-refractivity contribution is 7.92. The fraction of sp³-hybridized carbons (Fsp3) is 0.412. The van der Waals surface area contributed by atoms with Crippen molar-refractivity contribution < 1.29 is 27.6 Å². The van der Waals surface area contributed by atoms with Crippen molar-refractivity contribution >= 4 is 27.3 Å². The molecule has 1 aliphatic rings. The van der Waals surface area contributed by atoms with Crippen LogP contribution in [0.3, 0.4) is 0 Å². The zero-order valence-electron chi connectivity index (χ0n) is 14.7. The Kier molecular flexibility index (Phi) is 5.82. The maximum absolute atomic E-state index is 13.5. The summed E-state index contributed by atoms with van der Waals surface area (Å²) in [5.74, 6) is -1.36. The molecule has 9 heteroatoms. The number of rotatable bonds is 6. The highest BCUT2D eigenvalue weighted by atomic mass is 32.2. The Morgan fingerprint density at radius 3 is 2.58 bits per heavy atom. The van der Waals surface area contributed by atoms with Crippen molar-refractivity contribution in [2.75, 3.05) is 6.26 Å². The third-order valence-corrected chi connectivity index (χ3v) is 6.49. The molecule has 2 N–H and O–H groups in total. The number of carbonyl (C=O) groups excluding carboxylic acids is 1. The van der Waals surface area contributed by atoms with E-state index in [4.69, 9.17) is 10.0 Å². The molecule has 0 fully saturated rings. The van der Waals surface area contributed by atoms with Crippen LogP contribution in [0.5, 0.6) is 0 Å². The predicted molar refractivity (Wildman–Crippen MR) is 95.0 cm³/mol. The van der Waals surface area contributed by atoms with E-state index in [1.807, 2.05) is 0 Å². The van der Waals surface area contributed by atoms with Crippen molar-refractivity contribution in [3.05, 3.63) is 41.5 Å². The van der Waals surface area contributed by atoms with Gasteiger partial charge in [-0.15, -0.1) is 0 Å². The fourth-order valence-electron chi connectivity index (χ4n) is 2.66. The van der Waals surface area contributed by atoms with Crippen molar-refractivity contribution in [3.63, 3.8) is 0 Å². The van der Waals surface area contributed by atoms with E-state index in [9.17, 15) is 17.6 Å². The maximum atomic E-state index is 13.5. The third-order valence-electron chi connectivity index (χ3n) is 4.50. The van der Waals surface area contributed by atoms with E-state index in [0.717, 1.165) is 6.26 Å². The lowest BCUT2D eigenvalue weighted by Crippen LogP contribution is -2.51. The summed E-state index contributed by atoms with van der Waals surface area (Å²) in [4.78, 5) is 17.2. The van der Waals surface area contributed by atoms with Gasteiger partial charge in [-0.05, 0) is 19.4 Å². The van der Waals surface area contributed by atoms with Gasteiger partial charge < -0.3 is 4.84 Å². The largest absolute Gasteiger partial charge is 0.392 e. The number of nitrogens with one attached hydrogen (secondary N) is 1. The summed E-state index contributed by atoms with van der Waals surface area (Å²) in [5.41, 5.74) is 3.13. The first-order valence-electron chi connectivity index (χ1n) is 7.92. The molecule has 0 saturated heterocycles. The molecule has 1 aromatic rings. The minimum absolute atomic E-state index is 0.170. The molecule has 1 unspecified atom stereocenters. The lowest BCUT2D eigenvalue weighted by Gasteiger charge is -2.26. The first-order chi connectivity index (χ1) is 12.1.